The van der Waals surface area contributed by atoms with Crippen molar-refractivity contribution in [1.82, 2.24) is 0 Å². The molecule has 0 aliphatic heterocycles. The van der Waals surface area contributed by atoms with E-state index in [2.05, 4.69) is 6.07 Å². The molecule has 0 spiro atoms. The van der Waals surface area contributed by atoms with Gasteiger partial charge in [-0.05, 0) is 32.3 Å². The largest absolute Gasteiger partial charge is 0.466 e. The third-order valence-corrected chi connectivity index (χ3v) is 3.54. The summed E-state index contributed by atoms with van der Waals surface area (Å²) in [6.07, 6.45) is 1.95. The van der Waals surface area contributed by atoms with E-state index in [0.29, 0.717) is 19.4 Å². The Balaban J connectivity index is 1.79. The van der Waals surface area contributed by atoms with Crippen LogP contribution in [0.4, 0.5) is 0 Å². The van der Waals surface area contributed by atoms with Crippen LogP contribution in [0.3, 0.4) is 0 Å². The number of aryl methyl sites for hydroxylation is 2. The van der Waals surface area contributed by atoms with Gasteiger partial charge in [-0.15, -0.1) is 0 Å². The first-order valence-corrected chi connectivity index (χ1v) is 6.86. The third-order valence-electron chi connectivity index (χ3n) is 3.54. The van der Waals surface area contributed by atoms with Crippen molar-refractivity contribution in [2.24, 2.45) is 11.8 Å². The highest BCUT2D eigenvalue weighted by atomic mass is 16.5. The summed E-state index contributed by atoms with van der Waals surface area (Å²) in [5, 5.41) is 0. The normalized spacial score (nSPS) is 20.9. The van der Waals surface area contributed by atoms with Gasteiger partial charge >= 0.3 is 5.97 Å². The zero-order valence-electron chi connectivity index (χ0n) is 11.5. The van der Waals surface area contributed by atoms with Crippen molar-refractivity contribution in [3.8, 4) is 0 Å². The molecule has 1 fully saturated rings. The molecule has 1 aliphatic rings. The van der Waals surface area contributed by atoms with Crippen molar-refractivity contribution in [3.63, 3.8) is 0 Å². The Morgan fingerprint density at radius 3 is 2.79 bits per heavy atom. The van der Waals surface area contributed by atoms with Gasteiger partial charge in [0, 0.05) is 12.3 Å². The first-order valence-electron chi connectivity index (χ1n) is 6.86. The predicted octanol–water partition coefficient (Wildman–Crippen LogP) is 2.70. The van der Waals surface area contributed by atoms with E-state index < -0.39 is 0 Å². The van der Waals surface area contributed by atoms with E-state index in [1.165, 1.54) is 11.1 Å². The fourth-order valence-corrected chi connectivity index (χ4v) is 2.38. The quantitative estimate of drug-likeness (QED) is 0.739. The molecule has 1 aliphatic carbocycles. The predicted molar refractivity (Wildman–Crippen MR) is 72.7 cm³/mol. The summed E-state index contributed by atoms with van der Waals surface area (Å²) < 4.78 is 4.93. The molecule has 0 aromatic heterocycles. The van der Waals surface area contributed by atoms with Crippen molar-refractivity contribution < 1.29 is 14.3 Å². The van der Waals surface area contributed by atoms with Crippen LogP contribution in [0.1, 0.15) is 30.9 Å². The molecule has 0 heterocycles. The Kier molecular flexibility index (Phi) is 4.35. The minimum Gasteiger partial charge on any atom is -0.466 e. The number of esters is 1. The van der Waals surface area contributed by atoms with Gasteiger partial charge in [0.05, 0.1) is 12.5 Å². The van der Waals surface area contributed by atoms with Gasteiger partial charge in [-0.25, -0.2) is 0 Å². The molecule has 2 rings (SSSR count). The summed E-state index contributed by atoms with van der Waals surface area (Å²) in [4.78, 5) is 23.4. The average Bonchev–Trinajstić information content (AvgIpc) is 3.17. The Morgan fingerprint density at radius 1 is 1.32 bits per heavy atom. The van der Waals surface area contributed by atoms with Gasteiger partial charge in [-0.1, -0.05) is 29.8 Å². The highest BCUT2D eigenvalue weighted by Gasteiger charge is 2.48. The van der Waals surface area contributed by atoms with Crippen LogP contribution in [0.5, 0.6) is 0 Å². The summed E-state index contributed by atoms with van der Waals surface area (Å²) in [7, 11) is 0. The van der Waals surface area contributed by atoms with Crippen LogP contribution in [0, 0.1) is 18.8 Å². The van der Waals surface area contributed by atoms with E-state index in [1.807, 2.05) is 25.1 Å². The van der Waals surface area contributed by atoms with Crippen LogP contribution in [0.15, 0.2) is 24.3 Å². The van der Waals surface area contributed by atoms with E-state index in [-0.39, 0.29) is 23.6 Å². The van der Waals surface area contributed by atoms with Gasteiger partial charge in [0.25, 0.3) is 0 Å². The van der Waals surface area contributed by atoms with Crippen molar-refractivity contribution in [2.45, 2.75) is 33.1 Å². The average molecular weight is 260 g/mol. The Labute approximate surface area is 114 Å². The zero-order chi connectivity index (χ0) is 13.8. The van der Waals surface area contributed by atoms with Gasteiger partial charge in [0.15, 0.2) is 0 Å². The van der Waals surface area contributed by atoms with Crippen LogP contribution in [-0.2, 0) is 20.7 Å². The maximum atomic E-state index is 12.0. The van der Waals surface area contributed by atoms with Gasteiger partial charge in [-0.3, -0.25) is 9.59 Å². The molecule has 0 N–H and O–H groups in total. The van der Waals surface area contributed by atoms with Crippen molar-refractivity contribution in [1.29, 1.82) is 0 Å². The van der Waals surface area contributed by atoms with Crippen molar-refractivity contribution in [3.05, 3.63) is 35.4 Å². The lowest BCUT2D eigenvalue weighted by Gasteiger charge is -2.03. The van der Waals surface area contributed by atoms with E-state index in [1.54, 1.807) is 6.92 Å². The summed E-state index contributed by atoms with van der Waals surface area (Å²) >= 11 is 0. The molecule has 0 radical (unpaired) electrons. The maximum Gasteiger partial charge on any atom is 0.309 e. The summed E-state index contributed by atoms with van der Waals surface area (Å²) in [6, 6.07) is 8.19. The molecule has 19 heavy (non-hydrogen) atoms. The number of ketones is 1. The highest BCUT2D eigenvalue weighted by Crippen LogP contribution is 2.41. The fourth-order valence-electron chi connectivity index (χ4n) is 2.38. The molecule has 0 amide bonds. The minimum absolute atomic E-state index is 0.0936. The molecule has 3 nitrogen and oxygen atoms in total. The zero-order valence-corrected chi connectivity index (χ0v) is 11.5. The number of Topliss-reactive ketones (excluding diaryl/α,β-unsaturated/α-hetero) is 1. The van der Waals surface area contributed by atoms with Crippen LogP contribution < -0.4 is 0 Å². The number of carbonyl (C=O) groups is 2. The van der Waals surface area contributed by atoms with Gasteiger partial charge in [-0.2, -0.15) is 0 Å². The number of hydrogen-bond donors (Lipinski definition) is 0. The Hall–Kier alpha value is -1.64. The maximum absolute atomic E-state index is 12.0. The van der Waals surface area contributed by atoms with Crippen molar-refractivity contribution in [2.75, 3.05) is 6.61 Å². The Morgan fingerprint density at radius 2 is 2.11 bits per heavy atom. The first-order chi connectivity index (χ1) is 9.11. The number of rotatable bonds is 6. The molecule has 1 saturated carbocycles. The number of ether oxygens (including phenoxy) is 1. The molecule has 1 aromatic carbocycles. The molecular formula is C16H20O3. The Bertz CT molecular complexity index is 479. The number of hydrogen-bond acceptors (Lipinski definition) is 3. The summed E-state index contributed by atoms with van der Waals surface area (Å²) in [6.45, 7) is 4.22. The molecule has 0 unspecified atom stereocenters. The topological polar surface area (TPSA) is 43.4 Å². The smallest absolute Gasteiger partial charge is 0.309 e. The van der Waals surface area contributed by atoms with E-state index >= 15 is 0 Å². The standard InChI is InChI=1S/C16H20O3/c1-3-19-16(18)14-10-13(14)15(17)8-7-12-6-4-5-11(2)9-12/h4-6,9,13-14H,3,7-8,10H2,1-2H3/t13-,14-/m0/s1. The molecule has 0 bridgehead atoms. The van der Waals surface area contributed by atoms with Gasteiger partial charge in [0.1, 0.15) is 5.78 Å². The number of carbonyl (C=O) groups excluding carboxylic acids is 2. The molecule has 0 saturated heterocycles. The minimum atomic E-state index is -0.212. The van der Waals surface area contributed by atoms with Crippen LogP contribution in [-0.4, -0.2) is 18.4 Å². The lowest BCUT2D eigenvalue weighted by atomic mass is 10.0. The van der Waals surface area contributed by atoms with Crippen LogP contribution in [0.2, 0.25) is 0 Å². The molecule has 1 aromatic rings. The van der Waals surface area contributed by atoms with Crippen LogP contribution >= 0.6 is 0 Å². The third kappa shape index (κ3) is 3.66. The fraction of sp³-hybridized carbons (Fsp3) is 0.500. The molecular weight excluding hydrogens is 240 g/mol. The lowest BCUT2D eigenvalue weighted by Crippen LogP contribution is -2.12. The number of benzene rings is 1. The second kappa shape index (κ2) is 6.00. The monoisotopic (exact) mass is 260 g/mol. The SMILES string of the molecule is CCOC(=O)[C@H]1C[C@@H]1C(=O)CCc1cccc(C)c1. The second-order valence-electron chi connectivity index (χ2n) is 5.16. The van der Waals surface area contributed by atoms with E-state index in [0.717, 1.165) is 6.42 Å². The van der Waals surface area contributed by atoms with E-state index in [4.69, 9.17) is 4.74 Å². The summed E-state index contributed by atoms with van der Waals surface area (Å²) in [5.41, 5.74) is 2.39. The van der Waals surface area contributed by atoms with Crippen molar-refractivity contribution >= 4 is 11.8 Å². The first kappa shape index (κ1) is 13.8. The lowest BCUT2D eigenvalue weighted by molar-refractivity contribution is -0.145. The second-order valence-corrected chi connectivity index (χ2v) is 5.16. The highest BCUT2D eigenvalue weighted by molar-refractivity contribution is 5.91. The summed E-state index contributed by atoms with van der Waals surface area (Å²) in [5.74, 6) is -0.287. The molecule has 3 heteroatoms. The van der Waals surface area contributed by atoms with Gasteiger partial charge < -0.3 is 4.74 Å². The van der Waals surface area contributed by atoms with E-state index in [9.17, 15) is 9.59 Å². The van der Waals surface area contributed by atoms with Crippen LogP contribution in [0.25, 0.3) is 0 Å². The van der Waals surface area contributed by atoms with Gasteiger partial charge in [0.2, 0.25) is 0 Å². The molecule has 2 atom stereocenters. The molecule has 102 valence electrons.